The fourth-order valence-electron chi connectivity index (χ4n) is 4.24. The minimum absolute atomic E-state index is 0.150. The first-order valence-electron chi connectivity index (χ1n) is 10.7. The third-order valence-electron chi connectivity index (χ3n) is 5.91. The second-order valence-electron chi connectivity index (χ2n) is 7.97. The van der Waals surface area contributed by atoms with Crippen LogP contribution in [0.3, 0.4) is 0 Å². The molecule has 1 saturated heterocycles. The molecule has 0 bridgehead atoms. The van der Waals surface area contributed by atoms with Crippen LogP contribution in [0.4, 0.5) is 5.69 Å². The molecular weight excluding hydrogens is 350 g/mol. The Morgan fingerprint density at radius 3 is 2.75 bits per heavy atom. The number of carbonyl (C=O) groups is 1. The summed E-state index contributed by atoms with van der Waals surface area (Å²) in [4.78, 5) is 21.2. The van der Waals surface area contributed by atoms with Crippen molar-refractivity contribution in [3.8, 4) is 0 Å². The summed E-state index contributed by atoms with van der Waals surface area (Å²) < 4.78 is 0. The number of fused-ring (bicyclic) bond motifs is 1. The highest BCUT2D eigenvalue weighted by atomic mass is 16.1. The molecule has 0 atom stereocenters. The maximum Gasteiger partial charge on any atom is 0.220 e. The number of rotatable bonds is 5. The molecule has 0 unspecified atom stereocenters. The lowest BCUT2D eigenvalue weighted by Gasteiger charge is -2.34. The van der Waals surface area contributed by atoms with E-state index < -0.39 is 0 Å². The predicted molar refractivity (Wildman–Crippen MR) is 116 cm³/mol. The molecule has 28 heavy (non-hydrogen) atoms. The van der Waals surface area contributed by atoms with Gasteiger partial charge in [0.2, 0.25) is 5.91 Å². The van der Waals surface area contributed by atoms with Gasteiger partial charge in [-0.3, -0.25) is 4.79 Å². The van der Waals surface area contributed by atoms with Crippen LogP contribution in [0.1, 0.15) is 43.7 Å². The fraction of sp³-hybridized carbons (Fsp3) is 0.636. The molecule has 2 aliphatic rings. The Labute approximate surface area is 169 Å². The zero-order chi connectivity index (χ0) is 19.9. The number of benzene rings is 1. The van der Waals surface area contributed by atoms with E-state index in [1.165, 1.54) is 23.2 Å². The average Bonchev–Trinajstić information content (AvgIpc) is 2.72. The summed E-state index contributed by atoms with van der Waals surface area (Å²) in [5.74, 6) is 1.63. The normalized spacial score (nSPS) is 18.0. The summed E-state index contributed by atoms with van der Waals surface area (Å²) >= 11 is 0. The van der Waals surface area contributed by atoms with E-state index in [9.17, 15) is 4.79 Å². The van der Waals surface area contributed by atoms with Crippen LogP contribution in [-0.2, 0) is 17.8 Å². The summed E-state index contributed by atoms with van der Waals surface area (Å²) in [6, 6.07) is 6.79. The number of nitrogens with one attached hydrogen (secondary N) is 2. The number of aryl methyl sites for hydroxylation is 1. The largest absolute Gasteiger partial charge is 0.374 e. The van der Waals surface area contributed by atoms with Crippen LogP contribution in [0, 0.1) is 5.92 Å². The Balaban J connectivity index is 1.61. The summed E-state index contributed by atoms with van der Waals surface area (Å²) in [5.41, 5.74) is 4.09. The number of guanidine groups is 1. The molecular formula is C22H35N5O. The number of carbonyl (C=O) groups excluding carboxylic acids is 1. The molecule has 0 radical (unpaired) electrons. The molecule has 1 aromatic rings. The number of amides is 1. The Morgan fingerprint density at radius 1 is 1.25 bits per heavy atom. The smallest absolute Gasteiger partial charge is 0.220 e. The number of nitrogens with zero attached hydrogens (tertiary/aromatic N) is 3. The first-order chi connectivity index (χ1) is 13.6. The van der Waals surface area contributed by atoms with Gasteiger partial charge in [0.15, 0.2) is 5.96 Å². The van der Waals surface area contributed by atoms with E-state index in [0.29, 0.717) is 18.9 Å². The maximum atomic E-state index is 11.6. The van der Waals surface area contributed by atoms with Crippen molar-refractivity contribution in [1.29, 1.82) is 0 Å². The molecule has 1 amide bonds. The molecule has 154 valence electrons. The Bertz CT molecular complexity index is 694. The van der Waals surface area contributed by atoms with Gasteiger partial charge in [-0.2, -0.15) is 0 Å². The highest BCUT2D eigenvalue weighted by Gasteiger charge is 2.23. The molecule has 2 aliphatic heterocycles. The molecule has 2 N–H and O–H groups in total. The van der Waals surface area contributed by atoms with E-state index in [2.05, 4.69) is 52.6 Å². The molecule has 0 spiro atoms. The van der Waals surface area contributed by atoms with E-state index in [1.54, 1.807) is 7.05 Å². The van der Waals surface area contributed by atoms with Crippen LogP contribution in [-0.4, -0.2) is 57.0 Å². The minimum Gasteiger partial charge on any atom is -0.374 e. The molecule has 1 fully saturated rings. The van der Waals surface area contributed by atoms with Crippen LogP contribution in [0.25, 0.3) is 0 Å². The summed E-state index contributed by atoms with van der Waals surface area (Å²) in [6.45, 7) is 6.75. The van der Waals surface area contributed by atoms with Gasteiger partial charge in [-0.05, 0) is 55.7 Å². The number of hydrogen-bond acceptors (Lipinski definition) is 3. The molecule has 6 heteroatoms. The Morgan fingerprint density at radius 2 is 2.04 bits per heavy atom. The van der Waals surface area contributed by atoms with Crippen molar-refractivity contribution in [2.75, 3.05) is 45.2 Å². The second-order valence-corrected chi connectivity index (χ2v) is 7.97. The van der Waals surface area contributed by atoms with E-state index >= 15 is 0 Å². The lowest BCUT2D eigenvalue weighted by molar-refractivity contribution is -0.121. The van der Waals surface area contributed by atoms with Crippen molar-refractivity contribution in [1.82, 2.24) is 15.5 Å². The van der Waals surface area contributed by atoms with Crippen molar-refractivity contribution >= 4 is 17.6 Å². The fourth-order valence-corrected chi connectivity index (χ4v) is 4.24. The van der Waals surface area contributed by atoms with Crippen molar-refractivity contribution in [2.45, 2.75) is 45.6 Å². The van der Waals surface area contributed by atoms with E-state index in [0.717, 1.165) is 51.4 Å². The van der Waals surface area contributed by atoms with Crippen molar-refractivity contribution < 1.29 is 4.79 Å². The van der Waals surface area contributed by atoms with Gasteiger partial charge in [0, 0.05) is 52.4 Å². The van der Waals surface area contributed by atoms with Crippen LogP contribution in [0.15, 0.2) is 23.2 Å². The predicted octanol–water partition coefficient (Wildman–Crippen LogP) is 2.38. The van der Waals surface area contributed by atoms with E-state index in [1.807, 2.05) is 0 Å². The molecule has 0 aromatic heterocycles. The van der Waals surface area contributed by atoms with Crippen LogP contribution < -0.4 is 15.5 Å². The van der Waals surface area contributed by atoms with Gasteiger partial charge in [-0.1, -0.05) is 12.1 Å². The second kappa shape index (κ2) is 9.80. The molecule has 3 rings (SSSR count). The lowest BCUT2D eigenvalue weighted by atomic mass is 9.93. The number of likely N-dealkylation sites (tertiary alicyclic amines) is 1. The maximum absolute atomic E-state index is 11.6. The average molecular weight is 386 g/mol. The summed E-state index contributed by atoms with van der Waals surface area (Å²) in [7, 11) is 3.89. The van der Waals surface area contributed by atoms with Crippen LogP contribution in [0.2, 0.25) is 0 Å². The zero-order valence-corrected chi connectivity index (χ0v) is 17.6. The minimum atomic E-state index is 0.150. The van der Waals surface area contributed by atoms with Crippen molar-refractivity contribution in [3.05, 3.63) is 29.3 Å². The topological polar surface area (TPSA) is 60.0 Å². The van der Waals surface area contributed by atoms with Crippen LogP contribution >= 0.6 is 0 Å². The molecule has 1 aromatic carbocycles. The molecule has 0 saturated carbocycles. The first-order valence-corrected chi connectivity index (χ1v) is 10.7. The third kappa shape index (κ3) is 5.18. The highest BCUT2D eigenvalue weighted by molar-refractivity contribution is 5.80. The van der Waals surface area contributed by atoms with E-state index in [-0.39, 0.29) is 5.91 Å². The highest BCUT2D eigenvalue weighted by Crippen LogP contribution is 2.27. The third-order valence-corrected chi connectivity index (χ3v) is 5.91. The summed E-state index contributed by atoms with van der Waals surface area (Å²) in [6.07, 6.45) is 5.12. The lowest BCUT2D eigenvalue weighted by Crippen LogP contribution is -2.46. The monoisotopic (exact) mass is 385 g/mol. The quantitative estimate of drug-likeness (QED) is 0.604. The standard InChI is InChI=1S/C22H35N5O/c1-4-24-22(27-12-9-17(10-13-27)15-21(28)23-2)25-16-18-7-8-20-19(14-18)6-5-11-26(20)3/h7-8,14,17H,4-6,9-13,15-16H2,1-3H3,(H,23,28)(H,24,25). The zero-order valence-electron chi connectivity index (χ0n) is 17.6. The van der Waals surface area contributed by atoms with Gasteiger partial charge in [0.1, 0.15) is 0 Å². The number of aliphatic imine (C=N–C) groups is 1. The Kier molecular flexibility index (Phi) is 7.18. The first kappa shape index (κ1) is 20.5. The Hall–Kier alpha value is -2.24. The SMILES string of the molecule is CCNC(=NCc1ccc2c(c1)CCCN2C)N1CCC(CC(=O)NC)CC1. The molecule has 2 heterocycles. The van der Waals surface area contributed by atoms with Crippen LogP contribution in [0.5, 0.6) is 0 Å². The molecule has 6 nitrogen and oxygen atoms in total. The number of anilines is 1. The summed E-state index contributed by atoms with van der Waals surface area (Å²) in [5, 5.41) is 6.18. The number of hydrogen-bond donors (Lipinski definition) is 2. The van der Waals surface area contributed by atoms with Gasteiger partial charge < -0.3 is 20.4 Å². The van der Waals surface area contributed by atoms with Gasteiger partial charge >= 0.3 is 0 Å². The van der Waals surface area contributed by atoms with E-state index in [4.69, 9.17) is 4.99 Å². The van der Waals surface area contributed by atoms with Gasteiger partial charge in [0.25, 0.3) is 0 Å². The van der Waals surface area contributed by atoms with Gasteiger partial charge in [0.05, 0.1) is 6.54 Å². The molecule has 0 aliphatic carbocycles. The van der Waals surface area contributed by atoms with Crippen molar-refractivity contribution in [3.63, 3.8) is 0 Å². The van der Waals surface area contributed by atoms with Gasteiger partial charge in [-0.25, -0.2) is 4.99 Å². The van der Waals surface area contributed by atoms with Gasteiger partial charge in [-0.15, -0.1) is 0 Å². The number of piperidine rings is 1. The van der Waals surface area contributed by atoms with Crippen molar-refractivity contribution in [2.24, 2.45) is 10.9 Å².